The van der Waals surface area contributed by atoms with E-state index < -0.39 is 10.0 Å². The number of hydrogen-bond acceptors (Lipinski definition) is 4. The smallest absolute Gasteiger partial charge is 0.240 e. The summed E-state index contributed by atoms with van der Waals surface area (Å²) in [6, 6.07) is 14.3. The molecule has 1 fully saturated rings. The van der Waals surface area contributed by atoms with Crippen LogP contribution in [0.2, 0.25) is 0 Å². The van der Waals surface area contributed by atoms with Gasteiger partial charge >= 0.3 is 0 Å². The van der Waals surface area contributed by atoms with Crippen molar-refractivity contribution in [3.05, 3.63) is 66.6 Å². The molecule has 7 nitrogen and oxygen atoms in total. The van der Waals surface area contributed by atoms with Gasteiger partial charge < -0.3 is 4.90 Å². The lowest BCUT2D eigenvalue weighted by molar-refractivity contribution is -0.117. The van der Waals surface area contributed by atoms with E-state index in [2.05, 4.69) is 9.82 Å². The lowest BCUT2D eigenvalue weighted by Crippen LogP contribution is -2.26. The average Bonchev–Trinajstić information content (AvgIpc) is 3.41. The predicted molar refractivity (Wildman–Crippen MR) is 115 cm³/mol. The van der Waals surface area contributed by atoms with Gasteiger partial charge in [0.15, 0.2) is 0 Å². The Morgan fingerprint density at radius 1 is 1.03 bits per heavy atom. The standard InChI is InChI=1S/C22H23FN4O3S/c23-18-6-4-17(5-7-18)21-12-16-26(25-21)14-2-13-24-31(29,30)20-10-8-19(9-11-20)27-15-1-3-22(27)28/h4-12,16,24H,1-3,13-15H2. The van der Waals surface area contributed by atoms with E-state index in [-0.39, 0.29) is 23.2 Å². The van der Waals surface area contributed by atoms with E-state index >= 15 is 0 Å². The molecule has 1 N–H and O–H groups in total. The van der Waals surface area contributed by atoms with Gasteiger partial charge in [0.25, 0.3) is 0 Å². The van der Waals surface area contributed by atoms with Gasteiger partial charge in [0.1, 0.15) is 5.82 Å². The van der Waals surface area contributed by atoms with Gasteiger partial charge in [-0.25, -0.2) is 17.5 Å². The van der Waals surface area contributed by atoms with E-state index in [0.717, 1.165) is 23.4 Å². The number of carbonyl (C=O) groups excluding carboxylic acids is 1. The van der Waals surface area contributed by atoms with Gasteiger partial charge in [0.05, 0.1) is 10.6 Å². The zero-order chi connectivity index (χ0) is 21.8. The van der Waals surface area contributed by atoms with Crippen molar-refractivity contribution in [3.8, 4) is 11.3 Å². The van der Waals surface area contributed by atoms with Crippen LogP contribution in [0.3, 0.4) is 0 Å². The van der Waals surface area contributed by atoms with Gasteiger partial charge in [-0.05, 0) is 67.4 Å². The Morgan fingerprint density at radius 3 is 2.45 bits per heavy atom. The third-order valence-corrected chi connectivity index (χ3v) is 6.65. The fourth-order valence-electron chi connectivity index (χ4n) is 3.52. The highest BCUT2D eigenvalue weighted by Gasteiger charge is 2.22. The van der Waals surface area contributed by atoms with Crippen molar-refractivity contribution in [2.24, 2.45) is 0 Å². The summed E-state index contributed by atoms with van der Waals surface area (Å²) in [6.07, 6.45) is 3.72. The second-order valence-corrected chi connectivity index (χ2v) is 9.13. The third kappa shape index (κ3) is 5.00. The van der Waals surface area contributed by atoms with E-state index in [0.29, 0.717) is 25.9 Å². The van der Waals surface area contributed by atoms with Gasteiger partial charge in [0.2, 0.25) is 15.9 Å². The number of aromatic nitrogens is 2. The minimum absolute atomic E-state index is 0.0648. The van der Waals surface area contributed by atoms with Crippen LogP contribution in [0.4, 0.5) is 10.1 Å². The first-order valence-electron chi connectivity index (χ1n) is 10.1. The molecule has 0 unspecified atom stereocenters. The van der Waals surface area contributed by atoms with Crippen molar-refractivity contribution in [1.29, 1.82) is 0 Å². The SMILES string of the molecule is O=C1CCCN1c1ccc(S(=O)(=O)NCCCn2ccc(-c3ccc(F)cc3)n2)cc1. The molecule has 1 aliphatic heterocycles. The minimum Gasteiger partial charge on any atom is -0.312 e. The first kappa shape index (κ1) is 21.2. The molecule has 162 valence electrons. The first-order chi connectivity index (χ1) is 14.9. The molecule has 0 bridgehead atoms. The van der Waals surface area contributed by atoms with E-state index in [1.165, 1.54) is 24.3 Å². The maximum Gasteiger partial charge on any atom is 0.240 e. The summed E-state index contributed by atoms with van der Waals surface area (Å²) in [5.74, 6) is -0.232. The second kappa shape index (κ2) is 8.99. The summed E-state index contributed by atoms with van der Waals surface area (Å²) in [6.45, 7) is 1.47. The molecule has 4 rings (SSSR count). The number of nitrogens with zero attached hydrogens (tertiary/aromatic N) is 3. The Bertz CT molecular complexity index is 1160. The monoisotopic (exact) mass is 442 g/mol. The van der Waals surface area contributed by atoms with Gasteiger partial charge in [-0.2, -0.15) is 5.10 Å². The summed E-state index contributed by atoms with van der Waals surface area (Å²) in [5.41, 5.74) is 2.27. The van der Waals surface area contributed by atoms with Crippen LogP contribution in [0.15, 0.2) is 65.7 Å². The fourth-order valence-corrected chi connectivity index (χ4v) is 4.59. The summed E-state index contributed by atoms with van der Waals surface area (Å²) >= 11 is 0. The van der Waals surface area contributed by atoms with Crippen molar-refractivity contribution in [3.63, 3.8) is 0 Å². The number of amides is 1. The van der Waals surface area contributed by atoms with Crippen LogP contribution in [0, 0.1) is 5.82 Å². The molecule has 0 saturated carbocycles. The molecule has 9 heteroatoms. The Labute approximate surface area is 180 Å². The average molecular weight is 443 g/mol. The van der Waals surface area contributed by atoms with Gasteiger partial charge in [-0.1, -0.05) is 0 Å². The van der Waals surface area contributed by atoms with Crippen LogP contribution in [-0.4, -0.2) is 37.2 Å². The summed E-state index contributed by atoms with van der Waals surface area (Å²) < 4.78 is 42.4. The molecule has 0 atom stereocenters. The summed E-state index contributed by atoms with van der Waals surface area (Å²) in [7, 11) is -3.63. The van der Waals surface area contributed by atoms with E-state index in [9.17, 15) is 17.6 Å². The van der Waals surface area contributed by atoms with Crippen LogP contribution in [0.25, 0.3) is 11.3 Å². The molecular weight excluding hydrogens is 419 g/mol. The molecule has 0 radical (unpaired) electrons. The zero-order valence-electron chi connectivity index (χ0n) is 16.9. The maximum absolute atomic E-state index is 13.0. The highest BCUT2D eigenvalue weighted by Crippen LogP contribution is 2.23. The van der Waals surface area contributed by atoms with E-state index in [4.69, 9.17) is 0 Å². The normalized spacial score (nSPS) is 14.4. The van der Waals surface area contributed by atoms with Crippen molar-refractivity contribution in [2.75, 3.05) is 18.0 Å². The fraction of sp³-hybridized carbons (Fsp3) is 0.273. The molecule has 31 heavy (non-hydrogen) atoms. The minimum atomic E-state index is -3.63. The predicted octanol–water partition coefficient (Wildman–Crippen LogP) is 3.18. The topological polar surface area (TPSA) is 84.3 Å². The Hall–Kier alpha value is -3.04. The molecule has 0 aliphatic carbocycles. The number of aryl methyl sites for hydroxylation is 1. The van der Waals surface area contributed by atoms with Crippen molar-refractivity contribution < 1.29 is 17.6 Å². The van der Waals surface area contributed by atoms with Crippen LogP contribution < -0.4 is 9.62 Å². The first-order valence-corrected chi connectivity index (χ1v) is 11.6. The Kier molecular flexibility index (Phi) is 6.15. The molecule has 1 aliphatic rings. The lowest BCUT2D eigenvalue weighted by atomic mass is 10.1. The molecule has 1 amide bonds. The van der Waals surface area contributed by atoms with Gasteiger partial charge in [-0.15, -0.1) is 0 Å². The number of benzene rings is 2. The highest BCUT2D eigenvalue weighted by atomic mass is 32.2. The van der Waals surface area contributed by atoms with E-state index in [1.54, 1.807) is 33.8 Å². The van der Waals surface area contributed by atoms with Gasteiger partial charge in [0, 0.05) is 43.5 Å². The molecule has 2 heterocycles. The highest BCUT2D eigenvalue weighted by molar-refractivity contribution is 7.89. The molecule has 2 aromatic carbocycles. The van der Waals surface area contributed by atoms with Crippen LogP contribution in [0.1, 0.15) is 19.3 Å². The number of anilines is 1. The number of hydrogen-bond donors (Lipinski definition) is 1. The summed E-state index contributed by atoms with van der Waals surface area (Å²) in [5, 5.41) is 4.44. The number of rotatable bonds is 8. The molecule has 3 aromatic rings. The van der Waals surface area contributed by atoms with Gasteiger partial charge in [-0.3, -0.25) is 9.48 Å². The summed E-state index contributed by atoms with van der Waals surface area (Å²) in [4.78, 5) is 13.7. The number of sulfonamides is 1. The molecule has 1 aromatic heterocycles. The maximum atomic E-state index is 13.0. The van der Waals surface area contributed by atoms with E-state index in [1.807, 2.05) is 12.3 Å². The second-order valence-electron chi connectivity index (χ2n) is 7.37. The van der Waals surface area contributed by atoms with Crippen LogP contribution in [-0.2, 0) is 21.4 Å². The Balaban J connectivity index is 1.29. The number of carbonyl (C=O) groups is 1. The van der Waals surface area contributed by atoms with Crippen LogP contribution in [0.5, 0.6) is 0 Å². The molecular formula is C22H23FN4O3S. The zero-order valence-corrected chi connectivity index (χ0v) is 17.7. The largest absolute Gasteiger partial charge is 0.312 e. The van der Waals surface area contributed by atoms with Crippen molar-refractivity contribution in [1.82, 2.24) is 14.5 Å². The molecule has 0 spiro atoms. The lowest BCUT2D eigenvalue weighted by Gasteiger charge is -2.16. The van der Waals surface area contributed by atoms with Crippen molar-refractivity contribution in [2.45, 2.75) is 30.7 Å². The quantitative estimate of drug-likeness (QED) is 0.543. The third-order valence-electron chi connectivity index (χ3n) is 5.17. The number of halogens is 1. The van der Waals surface area contributed by atoms with Crippen LogP contribution >= 0.6 is 0 Å². The van der Waals surface area contributed by atoms with Crippen molar-refractivity contribution >= 4 is 21.6 Å². The number of nitrogens with one attached hydrogen (secondary N) is 1. The molecule has 1 saturated heterocycles. The Morgan fingerprint density at radius 2 is 1.77 bits per heavy atom.